The molecule has 2 aliphatic rings. The van der Waals surface area contributed by atoms with E-state index in [1.165, 1.54) is 70.9 Å². The fourth-order valence-electron chi connectivity index (χ4n) is 3.96. The topological polar surface area (TPSA) is 29.3 Å². The zero-order valence-electron chi connectivity index (χ0n) is 11.6. The number of hydrogen-bond acceptors (Lipinski definition) is 2. The van der Waals surface area contributed by atoms with Crippen molar-refractivity contribution >= 4 is 0 Å². The molecule has 1 aliphatic heterocycles. The van der Waals surface area contributed by atoms with Crippen LogP contribution in [0.4, 0.5) is 0 Å². The summed E-state index contributed by atoms with van der Waals surface area (Å²) >= 11 is 0. The van der Waals surface area contributed by atoms with E-state index < -0.39 is 0 Å². The van der Waals surface area contributed by atoms with Crippen LogP contribution in [0.15, 0.2) is 0 Å². The summed E-state index contributed by atoms with van der Waals surface area (Å²) in [5.41, 5.74) is 6.51. The Hall–Kier alpha value is -0.0800. The van der Waals surface area contributed by atoms with E-state index >= 15 is 0 Å². The first-order chi connectivity index (χ1) is 8.30. The van der Waals surface area contributed by atoms with Crippen molar-refractivity contribution in [1.29, 1.82) is 0 Å². The minimum absolute atomic E-state index is 0.384. The van der Waals surface area contributed by atoms with Crippen molar-refractivity contribution in [3.8, 4) is 0 Å². The molecule has 2 nitrogen and oxygen atoms in total. The summed E-state index contributed by atoms with van der Waals surface area (Å²) in [6.07, 6.45) is 12.5. The third-order valence-corrected chi connectivity index (χ3v) is 5.15. The molecular weight excluding hydrogens is 208 g/mol. The molecular formula is C15H30N2. The number of nitrogens with zero attached hydrogens (tertiary/aromatic N) is 1. The Labute approximate surface area is 107 Å². The van der Waals surface area contributed by atoms with Crippen molar-refractivity contribution in [2.75, 3.05) is 19.6 Å². The van der Waals surface area contributed by atoms with Crippen LogP contribution >= 0.6 is 0 Å². The number of hydrogen-bond donors (Lipinski definition) is 1. The second kappa shape index (κ2) is 6.19. The molecule has 100 valence electrons. The summed E-state index contributed by atoms with van der Waals surface area (Å²) in [4.78, 5) is 2.75. The van der Waals surface area contributed by atoms with E-state index in [2.05, 4.69) is 11.8 Å². The van der Waals surface area contributed by atoms with Gasteiger partial charge >= 0.3 is 0 Å². The standard InChI is InChI=1S/C15H30N2/c1-2-6-14-7-11-17(12-8-14)15(13-16)9-4-3-5-10-15/h14H,2-13,16H2,1H3. The van der Waals surface area contributed by atoms with Crippen LogP contribution in [0.5, 0.6) is 0 Å². The van der Waals surface area contributed by atoms with E-state index in [1.807, 2.05) is 0 Å². The largest absolute Gasteiger partial charge is 0.329 e. The zero-order valence-corrected chi connectivity index (χ0v) is 11.6. The first-order valence-electron chi connectivity index (χ1n) is 7.76. The second-order valence-electron chi connectivity index (χ2n) is 6.21. The van der Waals surface area contributed by atoms with Crippen LogP contribution in [0.25, 0.3) is 0 Å². The molecule has 0 aromatic rings. The van der Waals surface area contributed by atoms with Gasteiger partial charge in [0.25, 0.3) is 0 Å². The van der Waals surface area contributed by atoms with Crippen LogP contribution in [-0.2, 0) is 0 Å². The molecule has 0 unspecified atom stereocenters. The van der Waals surface area contributed by atoms with E-state index in [4.69, 9.17) is 5.73 Å². The fraction of sp³-hybridized carbons (Fsp3) is 1.00. The molecule has 0 radical (unpaired) electrons. The van der Waals surface area contributed by atoms with Gasteiger partial charge in [-0.25, -0.2) is 0 Å². The molecule has 0 atom stereocenters. The molecule has 1 saturated heterocycles. The average molecular weight is 238 g/mol. The van der Waals surface area contributed by atoms with E-state index in [0.29, 0.717) is 5.54 Å². The molecule has 17 heavy (non-hydrogen) atoms. The molecule has 0 bridgehead atoms. The molecule has 0 aromatic heterocycles. The Kier molecular flexibility index (Phi) is 4.87. The van der Waals surface area contributed by atoms with Gasteiger partial charge in [-0.3, -0.25) is 4.90 Å². The number of piperidine rings is 1. The minimum Gasteiger partial charge on any atom is -0.329 e. The van der Waals surface area contributed by atoms with Gasteiger partial charge in [-0.05, 0) is 44.7 Å². The van der Waals surface area contributed by atoms with E-state index in [9.17, 15) is 0 Å². The van der Waals surface area contributed by atoms with Gasteiger partial charge in [-0.2, -0.15) is 0 Å². The van der Waals surface area contributed by atoms with Crippen molar-refractivity contribution < 1.29 is 0 Å². The Morgan fingerprint density at radius 2 is 1.76 bits per heavy atom. The maximum Gasteiger partial charge on any atom is 0.0331 e. The van der Waals surface area contributed by atoms with Crippen LogP contribution in [-0.4, -0.2) is 30.1 Å². The lowest BCUT2D eigenvalue weighted by atomic mass is 9.78. The lowest BCUT2D eigenvalue weighted by Gasteiger charge is -2.49. The molecule has 1 aliphatic carbocycles. The van der Waals surface area contributed by atoms with Crippen molar-refractivity contribution in [2.24, 2.45) is 11.7 Å². The maximum absolute atomic E-state index is 6.12. The molecule has 2 heteroatoms. The summed E-state index contributed by atoms with van der Waals surface area (Å²) in [5, 5.41) is 0. The molecule has 2 rings (SSSR count). The monoisotopic (exact) mass is 238 g/mol. The smallest absolute Gasteiger partial charge is 0.0331 e. The van der Waals surface area contributed by atoms with E-state index in [-0.39, 0.29) is 0 Å². The summed E-state index contributed by atoms with van der Waals surface area (Å²) < 4.78 is 0. The molecule has 2 N–H and O–H groups in total. The van der Waals surface area contributed by atoms with Crippen LogP contribution in [0.3, 0.4) is 0 Å². The molecule has 1 heterocycles. The highest BCUT2D eigenvalue weighted by atomic mass is 15.2. The fourth-order valence-corrected chi connectivity index (χ4v) is 3.96. The van der Waals surface area contributed by atoms with Gasteiger partial charge in [-0.15, -0.1) is 0 Å². The second-order valence-corrected chi connectivity index (χ2v) is 6.21. The summed E-state index contributed by atoms with van der Waals surface area (Å²) in [7, 11) is 0. The predicted molar refractivity (Wildman–Crippen MR) is 74.1 cm³/mol. The molecule has 0 aromatic carbocycles. The van der Waals surface area contributed by atoms with Gasteiger partial charge in [0, 0.05) is 12.1 Å². The highest BCUT2D eigenvalue weighted by molar-refractivity contribution is 4.95. The predicted octanol–water partition coefficient (Wildman–Crippen LogP) is 3.16. The van der Waals surface area contributed by atoms with E-state index in [0.717, 1.165) is 12.5 Å². The minimum atomic E-state index is 0.384. The third kappa shape index (κ3) is 3.03. The number of rotatable bonds is 4. The summed E-state index contributed by atoms with van der Waals surface area (Å²) in [6.45, 7) is 5.81. The highest BCUT2D eigenvalue weighted by Gasteiger charge is 2.38. The third-order valence-electron chi connectivity index (χ3n) is 5.15. The highest BCUT2D eigenvalue weighted by Crippen LogP contribution is 2.36. The summed E-state index contributed by atoms with van der Waals surface area (Å²) in [5.74, 6) is 0.995. The molecule has 1 saturated carbocycles. The van der Waals surface area contributed by atoms with Gasteiger partial charge in [0.05, 0.1) is 0 Å². The van der Waals surface area contributed by atoms with Gasteiger partial charge in [-0.1, -0.05) is 39.0 Å². The lowest BCUT2D eigenvalue weighted by Crippen LogP contribution is -2.57. The quantitative estimate of drug-likeness (QED) is 0.815. The Balaban J connectivity index is 1.89. The van der Waals surface area contributed by atoms with Crippen LogP contribution < -0.4 is 5.73 Å². The molecule has 0 spiro atoms. The maximum atomic E-state index is 6.12. The summed E-state index contributed by atoms with van der Waals surface area (Å²) in [6, 6.07) is 0. The van der Waals surface area contributed by atoms with Crippen LogP contribution in [0, 0.1) is 5.92 Å². The molecule has 2 fully saturated rings. The molecule has 0 amide bonds. The SMILES string of the molecule is CCCC1CCN(C2(CN)CCCCC2)CC1. The van der Waals surface area contributed by atoms with Crippen LogP contribution in [0.2, 0.25) is 0 Å². The van der Waals surface area contributed by atoms with Crippen LogP contribution in [0.1, 0.15) is 64.7 Å². The zero-order chi connectivity index (χ0) is 12.1. The van der Waals surface area contributed by atoms with Crippen molar-refractivity contribution in [1.82, 2.24) is 4.90 Å². The number of likely N-dealkylation sites (tertiary alicyclic amines) is 1. The van der Waals surface area contributed by atoms with Gasteiger partial charge < -0.3 is 5.73 Å². The Morgan fingerprint density at radius 3 is 2.29 bits per heavy atom. The van der Waals surface area contributed by atoms with Crippen molar-refractivity contribution in [3.63, 3.8) is 0 Å². The van der Waals surface area contributed by atoms with Crippen molar-refractivity contribution in [3.05, 3.63) is 0 Å². The first-order valence-corrected chi connectivity index (χ1v) is 7.76. The Morgan fingerprint density at radius 1 is 1.12 bits per heavy atom. The normalized spacial score (nSPS) is 27.2. The van der Waals surface area contributed by atoms with Gasteiger partial charge in [0.15, 0.2) is 0 Å². The van der Waals surface area contributed by atoms with Gasteiger partial charge in [0.2, 0.25) is 0 Å². The average Bonchev–Trinajstić information content (AvgIpc) is 2.41. The van der Waals surface area contributed by atoms with E-state index in [1.54, 1.807) is 0 Å². The van der Waals surface area contributed by atoms with Gasteiger partial charge in [0.1, 0.15) is 0 Å². The lowest BCUT2D eigenvalue weighted by molar-refractivity contribution is 0.0255. The van der Waals surface area contributed by atoms with Crippen molar-refractivity contribution in [2.45, 2.75) is 70.3 Å². The number of nitrogens with two attached hydrogens (primary N) is 1. The Bertz CT molecular complexity index is 213. The first kappa shape index (κ1) is 13.4.